The van der Waals surface area contributed by atoms with Crippen LogP contribution in [0.1, 0.15) is 81.2 Å². The third-order valence-corrected chi connectivity index (χ3v) is 1.71. The van der Waals surface area contributed by atoms with Crippen molar-refractivity contribution in [3.63, 3.8) is 0 Å². The van der Waals surface area contributed by atoms with Gasteiger partial charge >= 0.3 is 0 Å². The van der Waals surface area contributed by atoms with Gasteiger partial charge in [0.2, 0.25) is 0 Å². The van der Waals surface area contributed by atoms with Gasteiger partial charge in [-0.15, -0.1) is 0 Å². The summed E-state index contributed by atoms with van der Waals surface area (Å²) in [6.45, 7) is 16.5. The first-order valence-corrected chi connectivity index (χ1v) is 9.01. The van der Waals surface area contributed by atoms with E-state index in [1.807, 2.05) is 58.0 Å². The van der Waals surface area contributed by atoms with Crippen LogP contribution < -0.4 is 0 Å². The summed E-state index contributed by atoms with van der Waals surface area (Å²) in [5, 5.41) is 0. The van der Waals surface area contributed by atoms with Crippen molar-refractivity contribution in [1.29, 1.82) is 0 Å². The zero-order valence-corrected chi connectivity index (χ0v) is 19.0. The largest absolute Gasteiger partial charge is 0.306 e. The van der Waals surface area contributed by atoms with Crippen LogP contribution in [-0.4, -0.2) is 8.76 Å². The Kier molecular flexibility index (Phi) is 74.5. The molecule has 0 aliphatic rings. The number of rotatable bonds is 2. The summed E-state index contributed by atoms with van der Waals surface area (Å²) in [6, 6.07) is 9.23. The molecule has 1 atom stereocenters. The Morgan fingerprint density at radius 1 is 0.864 bits per heavy atom. The number of hydrogen-bond acceptors (Lipinski definition) is 1. The van der Waals surface area contributed by atoms with E-state index in [9.17, 15) is 4.21 Å². The Morgan fingerprint density at radius 2 is 1.14 bits per heavy atom. The fourth-order valence-electron chi connectivity index (χ4n) is 0.717. The fourth-order valence-corrected chi connectivity index (χ4v) is 1.19. The maximum Gasteiger partial charge on any atom is 0.157 e. The van der Waals surface area contributed by atoms with E-state index in [-0.39, 0.29) is 45.9 Å². The van der Waals surface area contributed by atoms with Crippen LogP contribution in [0.25, 0.3) is 0 Å². The number of hydrogen-bond donors (Lipinski definition) is 1. The van der Waals surface area contributed by atoms with Gasteiger partial charge in [0.1, 0.15) is 0 Å². The van der Waals surface area contributed by atoms with Crippen LogP contribution in [-0.2, 0) is 49.5 Å². The van der Waals surface area contributed by atoms with Gasteiger partial charge in [-0.2, -0.15) is 0 Å². The molecule has 0 amide bonds. The van der Waals surface area contributed by atoms with Gasteiger partial charge in [-0.05, 0) is 5.56 Å². The van der Waals surface area contributed by atoms with Crippen LogP contribution in [0.15, 0.2) is 30.3 Å². The quantitative estimate of drug-likeness (QED) is 0.538. The topological polar surface area (TPSA) is 37.3 Å². The van der Waals surface area contributed by atoms with Crippen LogP contribution in [0.2, 0.25) is 0 Å². The summed E-state index contributed by atoms with van der Waals surface area (Å²) in [5.41, 5.74) is 0.892. The van der Waals surface area contributed by atoms with Crippen molar-refractivity contribution >= 4 is 11.1 Å². The van der Waals surface area contributed by atoms with Crippen molar-refractivity contribution in [2.45, 2.75) is 81.4 Å². The Balaban J connectivity index is -0.0000000458. The minimum atomic E-state index is -1.72. The summed E-state index contributed by atoms with van der Waals surface area (Å²) in [5.74, 6) is 0.223. The minimum Gasteiger partial charge on any atom is -0.306 e. The molecule has 1 N–H and O–H groups in total. The average Bonchev–Trinajstić information content (AvgIpc) is 2.45. The molecule has 0 aromatic heterocycles. The van der Waals surface area contributed by atoms with Gasteiger partial charge < -0.3 is 4.55 Å². The van der Waals surface area contributed by atoms with Crippen molar-refractivity contribution < 1.29 is 41.5 Å². The molecule has 0 bridgehead atoms. The molecule has 22 heavy (non-hydrogen) atoms. The van der Waals surface area contributed by atoms with Crippen LogP contribution in [0.3, 0.4) is 0 Å². The van der Waals surface area contributed by atoms with Crippen molar-refractivity contribution in [2.75, 3.05) is 0 Å². The van der Waals surface area contributed by atoms with E-state index in [1.165, 1.54) is 12.8 Å². The van der Waals surface area contributed by atoms with Gasteiger partial charge in [-0.3, -0.25) is 0 Å². The van der Waals surface area contributed by atoms with Crippen molar-refractivity contribution in [1.82, 2.24) is 0 Å². The van der Waals surface area contributed by atoms with Crippen molar-refractivity contribution in [3.8, 4) is 0 Å². The van der Waals surface area contributed by atoms with Crippen molar-refractivity contribution in [3.05, 3.63) is 35.9 Å². The average molecular weight is 409 g/mol. The van der Waals surface area contributed by atoms with Crippen LogP contribution in [0.4, 0.5) is 0 Å². The maximum atomic E-state index is 10.3. The first-order valence-electron chi connectivity index (χ1n) is 7.73. The summed E-state index contributed by atoms with van der Waals surface area (Å²) in [7, 11) is 0. The zero-order chi connectivity index (χ0) is 16.8. The summed E-state index contributed by atoms with van der Waals surface area (Å²) in [4.78, 5) is 0. The normalized spacial score (nSPS) is 8.05. The third kappa shape index (κ3) is 49.9. The standard InChI is InChI=1S/C7H8O2S.2C3H8.2C2H6.CH4.Y/c8-10(9)6-7-4-2-1-3-5-7;2*1-3-2;2*1-2;;/h1-5H,6H2,(H,8,9);2*3H2,1-2H3;2*1-2H3;1H4;. The van der Waals surface area contributed by atoms with Gasteiger partial charge in [0.25, 0.3) is 0 Å². The first-order chi connectivity index (χ1) is 9.62. The molecular formula is C18H40O2SY. The van der Waals surface area contributed by atoms with Crippen LogP contribution in [0, 0.1) is 0 Å². The minimum absolute atomic E-state index is 0. The summed E-state index contributed by atoms with van der Waals surface area (Å²) >= 11 is -1.72. The third-order valence-electron chi connectivity index (χ3n) is 1.13. The molecule has 1 aromatic rings. The van der Waals surface area contributed by atoms with Gasteiger partial charge in [0.05, 0.1) is 5.75 Å². The van der Waals surface area contributed by atoms with E-state index < -0.39 is 11.1 Å². The monoisotopic (exact) mass is 409 g/mol. The smallest absolute Gasteiger partial charge is 0.157 e. The molecular weight excluding hydrogens is 369 g/mol. The van der Waals surface area contributed by atoms with E-state index in [4.69, 9.17) is 4.55 Å². The van der Waals surface area contributed by atoms with E-state index in [2.05, 4.69) is 27.7 Å². The van der Waals surface area contributed by atoms with E-state index >= 15 is 0 Å². The van der Waals surface area contributed by atoms with Gasteiger partial charge in [-0.1, -0.05) is 106 Å². The SMILES string of the molecule is C.CC.CC.CCC.CCC.O=S(O)Cc1ccccc1.[Y]. The molecule has 0 aliphatic heterocycles. The molecule has 1 rings (SSSR count). The molecule has 0 fully saturated rings. The second-order valence-corrected chi connectivity index (χ2v) is 4.30. The molecule has 0 aliphatic carbocycles. The van der Waals surface area contributed by atoms with Crippen molar-refractivity contribution in [2.24, 2.45) is 0 Å². The van der Waals surface area contributed by atoms with Crippen LogP contribution >= 0.6 is 0 Å². The van der Waals surface area contributed by atoms with E-state index in [1.54, 1.807) is 0 Å². The molecule has 0 heterocycles. The fraction of sp³-hybridized carbons (Fsp3) is 0.667. The molecule has 0 saturated carbocycles. The molecule has 0 saturated heterocycles. The first kappa shape index (κ1) is 38.2. The van der Waals surface area contributed by atoms with Gasteiger partial charge in [-0.25, -0.2) is 4.21 Å². The molecule has 2 nitrogen and oxygen atoms in total. The van der Waals surface area contributed by atoms with Gasteiger partial charge in [0, 0.05) is 32.7 Å². The second kappa shape index (κ2) is 43.0. The molecule has 1 aromatic carbocycles. The van der Waals surface area contributed by atoms with Gasteiger partial charge in [0.15, 0.2) is 11.1 Å². The molecule has 1 unspecified atom stereocenters. The summed E-state index contributed by atoms with van der Waals surface area (Å²) in [6.07, 6.45) is 2.50. The Labute approximate surface area is 169 Å². The zero-order valence-electron chi connectivity index (χ0n) is 15.3. The number of benzene rings is 1. The molecule has 0 spiro atoms. The summed E-state index contributed by atoms with van der Waals surface area (Å²) < 4.78 is 18.8. The second-order valence-electron chi connectivity index (χ2n) is 3.37. The molecule has 4 heteroatoms. The predicted molar refractivity (Wildman–Crippen MR) is 102 cm³/mol. The Bertz CT molecular complexity index is 253. The van der Waals surface area contributed by atoms with E-state index in [0.717, 1.165) is 5.56 Å². The molecule has 133 valence electrons. The van der Waals surface area contributed by atoms with E-state index in [0.29, 0.717) is 0 Å². The Morgan fingerprint density at radius 3 is 1.36 bits per heavy atom. The predicted octanol–water partition coefficient (Wildman–Crippen LogP) is 6.93. The van der Waals surface area contributed by atoms with Crippen LogP contribution in [0.5, 0.6) is 0 Å². The maximum absolute atomic E-state index is 10.3. The molecule has 1 radical (unpaired) electrons. The Hall–Kier alpha value is 0.434.